The van der Waals surface area contributed by atoms with Gasteiger partial charge in [-0.15, -0.1) is 0 Å². The van der Waals surface area contributed by atoms with E-state index in [1.807, 2.05) is 111 Å². The molecule has 3 aromatic carbocycles. The number of nitriles is 1. The summed E-state index contributed by atoms with van der Waals surface area (Å²) >= 11 is 1.78. The molecule has 1 saturated heterocycles. The highest BCUT2D eigenvalue weighted by Gasteiger charge is 2.51. The van der Waals surface area contributed by atoms with Crippen molar-refractivity contribution in [3.8, 4) is 17.6 Å². The molecule has 1 aromatic heterocycles. The van der Waals surface area contributed by atoms with Crippen molar-refractivity contribution in [2.45, 2.75) is 76.4 Å². The Kier molecular flexibility index (Phi) is 14.4. The number of alkyl halides is 1. The topological polar surface area (TPSA) is 137 Å². The standard InChI is InChI=1S/C39H45FIN4O8P/c1-25(2)45(26(3)4)54(51-22-10-21-42)53-35-33(52-37(34(35)40)44-23-32(41)36(46)43-38(44)47)24-50-39(27-11-8-7-9-12-27,28-13-17-30(48-5)18-14-28)29-15-19-31(49-6)20-16-29/h7-9,11-20,23,25-26,33-35,37H,10,22,24H2,1-6H3,(H,43,46,47)/t33-,34?,35?,37-,54?/m1/s1. The average molecular weight is 875 g/mol. The van der Waals surface area contributed by atoms with Gasteiger partial charge < -0.3 is 28.0 Å². The molecule has 1 fully saturated rings. The zero-order chi connectivity index (χ0) is 39.0. The predicted octanol–water partition coefficient (Wildman–Crippen LogP) is 7.06. The van der Waals surface area contributed by atoms with E-state index in [-0.39, 0.29) is 35.3 Å². The molecule has 5 atom stereocenters. The van der Waals surface area contributed by atoms with E-state index in [0.717, 1.165) is 21.3 Å². The van der Waals surface area contributed by atoms with Crippen molar-refractivity contribution < 1.29 is 32.4 Å². The molecule has 4 aromatic rings. The van der Waals surface area contributed by atoms with Gasteiger partial charge in [0, 0.05) is 18.3 Å². The van der Waals surface area contributed by atoms with Gasteiger partial charge in [0.1, 0.15) is 29.3 Å². The molecule has 1 N–H and O–H groups in total. The van der Waals surface area contributed by atoms with E-state index in [4.69, 9.17) is 28.0 Å². The number of benzene rings is 3. The van der Waals surface area contributed by atoms with Gasteiger partial charge in [-0.1, -0.05) is 54.6 Å². The molecule has 5 rings (SSSR count). The highest BCUT2D eigenvalue weighted by Crippen LogP contribution is 2.51. The lowest BCUT2D eigenvalue weighted by molar-refractivity contribution is -0.0935. The summed E-state index contributed by atoms with van der Waals surface area (Å²) in [6.45, 7) is 7.77. The predicted molar refractivity (Wildman–Crippen MR) is 211 cm³/mol. The second kappa shape index (κ2) is 18.8. The molecule has 15 heteroatoms. The van der Waals surface area contributed by atoms with Gasteiger partial charge in [0.05, 0.1) is 43.5 Å². The van der Waals surface area contributed by atoms with Crippen LogP contribution in [0.3, 0.4) is 0 Å². The van der Waals surface area contributed by atoms with Crippen LogP contribution < -0.4 is 20.7 Å². The Balaban J connectivity index is 1.64. The van der Waals surface area contributed by atoms with Crippen molar-refractivity contribution in [3.63, 3.8) is 0 Å². The first-order valence-corrected chi connectivity index (χ1v) is 19.7. The maximum atomic E-state index is 17.1. The SMILES string of the molecule is COc1ccc(C(OC[C@H]2O[C@@H](n3cc(I)c(=O)[nH]c3=O)C(F)C2OP(OCCC#N)N(C(C)C)C(C)C)(c2ccccc2)c2ccc(OC)cc2)cc1. The second-order valence-electron chi connectivity index (χ2n) is 13.1. The molecule has 1 aliphatic rings. The molecule has 288 valence electrons. The van der Waals surface area contributed by atoms with Crippen LogP contribution in [0, 0.1) is 14.9 Å². The number of hydrogen-bond acceptors (Lipinski definition) is 10. The van der Waals surface area contributed by atoms with Crippen molar-refractivity contribution in [3.05, 3.63) is 126 Å². The summed E-state index contributed by atoms with van der Waals surface area (Å²) in [5.74, 6) is 1.30. The van der Waals surface area contributed by atoms with Gasteiger partial charge in [-0.2, -0.15) is 5.26 Å². The number of nitrogens with zero attached hydrogens (tertiary/aromatic N) is 3. The van der Waals surface area contributed by atoms with Gasteiger partial charge in [0.25, 0.3) is 14.1 Å². The van der Waals surface area contributed by atoms with E-state index < -0.39 is 50.0 Å². The molecular formula is C39H45FIN4O8P. The maximum absolute atomic E-state index is 17.1. The molecular weight excluding hydrogens is 829 g/mol. The Morgan fingerprint density at radius 1 is 0.944 bits per heavy atom. The summed E-state index contributed by atoms with van der Waals surface area (Å²) in [4.78, 5) is 27.6. The summed E-state index contributed by atoms with van der Waals surface area (Å²) in [5, 5.41) is 9.27. The molecule has 1 aliphatic heterocycles. The first-order valence-electron chi connectivity index (χ1n) is 17.5. The number of ether oxygens (including phenoxy) is 4. The van der Waals surface area contributed by atoms with E-state index in [1.165, 1.54) is 6.20 Å². The molecule has 0 radical (unpaired) electrons. The fourth-order valence-corrected chi connectivity index (χ4v) is 8.71. The summed E-state index contributed by atoms with van der Waals surface area (Å²) < 4.78 is 57.5. The minimum atomic E-state index is -1.94. The maximum Gasteiger partial charge on any atom is 0.330 e. The van der Waals surface area contributed by atoms with Gasteiger partial charge in [0.15, 0.2) is 12.4 Å². The van der Waals surface area contributed by atoms with Crippen LogP contribution in [-0.2, 0) is 24.1 Å². The van der Waals surface area contributed by atoms with E-state index in [0.29, 0.717) is 11.5 Å². The van der Waals surface area contributed by atoms with Gasteiger partial charge in [-0.05, 0) is 91.2 Å². The number of halogens is 2. The molecule has 2 heterocycles. The lowest BCUT2D eigenvalue weighted by Gasteiger charge is -2.39. The molecule has 0 amide bonds. The molecule has 0 spiro atoms. The second-order valence-corrected chi connectivity index (χ2v) is 15.7. The van der Waals surface area contributed by atoms with Crippen molar-refractivity contribution in [2.75, 3.05) is 27.4 Å². The fourth-order valence-electron chi connectivity index (χ4n) is 6.51. The number of aromatic nitrogens is 2. The van der Waals surface area contributed by atoms with E-state index in [9.17, 15) is 14.9 Å². The first-order chi connectivity index (χ1) is 25.9. The number of methoxy groups -OCH3 is 2. The van der Waals surface area contributed by atoms with E-state index in [1.54, 1.807) is 36.8 Å². The van der Waals surface area contributed by atoms with Crippen LogP contribution in [0.4, 0.5) is 4.39 Å². The highest BCUT2D eigenvalue weighted by molar-refractivity contribution is 14.1. The number of H-pyrrole nitrogens is 1. The van der Waals surface area contributed by atoms with Gasteiger partial charge in [-0.3, -0.25) is 14.3 Å². The normalized spacial score (nSPS) is 19.3. The summed E-state index contributed by atoms with van der Waals surface area (Å²) in [6, 6.07) is 26.6. The Labute approximate surface area is 329 Å². The first kappa shape index (κ1) is 41.5. The summed E-state index contributed by atoms with van der Waals surface area (Å²) in [5.41, 5.74) is -0.406. The van der Waals surface area contributed by atoms with Crippen molar-refractivity contribution in [1.82, 2.24) is 14.2 Å². The quantitative estimate of drug-likeness (QED) is 0.0508. The Hall–Kier alpha value is -3.68. The minimum absolute atomic E-state index is 0.0663. The van der Waals surface area contributed by atoms with Gasteiger partial charge >= 0.3 is 5.69 Å². The van der Waals surface area contributed by atoms with Crippen LogP contribution in [0.15, 0.2) is 94.6 Å². The zero-order valence-corrected chi connectivity index (χ0v) is 34.0. The zero-order valence-electron chi connectivity index (χ0n) is 31.0. The lowest BCUT2D eigenvalue weighted by atomic mass is 9.80. The molecule has 0 aliphatic carbocycles. The van der Waals surface area contributed by atoms with Crippen LogP contribution in [-0.4, -0.2) is 72.1 Å². The number of aromatic amines is 1. The number of nitrogens with one attached hydrogen (secondary N) is 1. The summed E-state index contributed by atoms with van der Waals surface area (Å²) in [6.07, 6.45) is -4.40. The Morgan fingerprint density at radius 2 is 1.50 bits per heavy atom. The van der Waals surface area contributed by atoms with Crippen LogP contribution in [0.1, 0.15) is 57.0 Å². The van der Waals surface area contributed by atoms with Crippen LogP contribution in [0.25, 0.3) is 0 Å². The largest absolute Gasteiger partial charge is 0.497 e. The van der Waals surface area contributed by atoms with Crippen LogP contribution >= 0.6 is 31.1 Å². The molecule has 3 unspecified atom stereocenters. The fraction of sp³-hybridized carbons (Fsp3) is 0.410. The van der Waals surface area contributed by atoms with Crippen molar-refractivity contribution in [2.24, 2.45) is 0 Å². The lowest BCUT2D eigenvalue weighted by Crippen LogP contribution is -2.41. The third-order valence-corrected chi connectivity index (χ3v) is 11.9. The van der Waals surface area contributed by atoms with Gasteiger partial charge in [0.2, 0.25) is 0 Å². The smallest absolute Gasteiger partial charge is 0.330 e. The monoisotopic (exact) mass is 874 g/mol. The number of rotatable bonds is 17. The Bertz CT molecular complexity index is 1920. The average Bonchev–Trinajstić information content (AvgIpc) is 3.47. The van der Waals surface area contributed by atoms with Crippen LogP contribution in [0.5, 0.6) is 11.5 Å². The number of hydrogen-bond donors (Lipinski definition) is 1. The molecule has 12 nitrogen and oxygen atoms in total. The van der Waals surface area contributed by atoms with Crippen molar-refractivity contribution >= 4 is 31.1 Å². The molecule has 54 heavy (non-hydrogen) atoms. The minimum Gasteiger partial charge on any atom is -0.497 e. The van der Waals surface area contributed by atoms with Gasteiger partial charge in [-0.25, -0.2) is 13.9 Å². The third-order valence-electron chi connectivity index (χ3n) is 8.98. The molecule has 0 saturated carbocycles. The van der Waals surface area contributed by atoms with E-state index in [2.05, 4.69) is 11.1 Å². The highest BCUT2D eigenvalue weighted by atomic mass is 127. The van der Waals surface area contributed by atoms with Crippen molar-refractivity contribution in [1.29, 1.82) is 5.26 Å². The van der Waals surface area contributed by atoms with E-state index >= 15 is 4.39 Å². The Morgan fingerprint density at radius 3 is 2.02 bits per heavy atom. The third kappa shape index (κ3) is 9.05. The van der Waals surface area contributed by atoms with Crippen LogP contribution in [0.2, 0.25) is 0 Å². The summed E-state index contributed by atoms with van der Waals surface area (Å²) in [7, 11) is 1.25. The molecule has 0 bridgehead atoms.